The van der Waals surface area contributed by atoms with Gasteiger partial charge in [0.2, 0.25) is 5.91 Å². The van der Waals surface area contributed by atoms with Crippen LogP contribution in [-0.4, -0.2) is 28.1 Å². The second-order valence-corrected chi connectivity index (χ2v) is 9.23. The highest BCUT2D eigenvalue weighted by atomic mass is 32.2. The molecule has 25 heavy (non-hydrogen) atoms. The first-order valence-corrected chi connectivity index (χ1v) is 11.4. The molecule has 1 amide bonds. The van der Waals surface area contributed by atoms with Crippen LogP contribution in [0.2, 0.25) is 0 Å². The van der Waals surface area contributed by atoms with Gasteiger partial charge in [-0.25, -0.2) is 4.98 Å². The summed E-state index contributed by atoms with van der Waals surface area (Å²) < 4.78 is 1.22. The lowest BCUT2D eigenvalue weighted by Crippen LogP contribution is -2.40. The monoisotopic (exact) mass is 388 g/mol. The molecule has 1 aliphatic heterocycles. The fourth-order valence-electron chi connectivity index (χ4n) is 3.43. The van der Waals surface area contributed by atoms with Crippen molar-refractivity contribution in [2.45, 2.75) is 31.6 Å². The Bertz CT molecular complexity index is 853. The molecule has 130 valence electrons. The van der Waals surface area contributed by atoms with E-state index in [-0.39, 0.29) is 11.9 Å². The minimum absolute atomic E-state index is 0.255. The summed E-state index contributed by atoms with van der Waals surface area (Å²) in [6.07, 6.45) is 1.98. The first-order valence-electron chi connectivity index (χ1n) is 8.54. The maximum atomic E-state index is 12.8. The van der Waals surface area contributed by atoms with E-state index < -0.39 is 0 Å². The van der Waals surface area contributed by atoms with Crippen LogP contribution >= 0.6 is 34.4 Å². The summed E-state index contributed by atoms with van der Waals surface area (Å²) in [6.45, 7) is 3.03. The van der Waals surface area contributed by atoms with Crippen molar-refractivity contribution in [2.75, 3.05) is 12.3 Å². The van der Waals surface area contributed by atoms with Crippen LogP contribution in [0.15, 0.2) is 35.7 Å². The predicted octanol–water partition coefficient (Wildman–Crippen LogP) is 5.13. The van der Waals surface area contributed by atoms with Gasteiger partial charge in [0, 0.05) is 17.2 Å². The average Bonchev–Trinajstić information content (AvgIpc) is 3.26. The van der Waals surface area contributed by atoms with Crippen molar-refractivity contribution in [2.24, 2.45) is 0 Å². The van der Waals surface area contributed by atoms with Crippen molar-refractivity contribution in [1.29, 1.82) is 0 Å². The third kappa shape index (κ3) is 3.48. The van der Waals surface area contributed by atoms with Gasteiger partial charge in [0.25, 0.3) is 0 Å². The zero-order chi connectivity index (χ0) is 17.2. The molecule has 6 heteroatoms. The number of aromatic nitrogens is 1. The number of benzene rings is 1. The Morgan fingerprint density at radius 2 is 2.24 bits per heavy atom. The topological polar surface area (TPSA) is 33.2 Å². The second kappa shape index (κ2) is 7.48. The van der Waals surface area contributed by atoms with Crippen LogP contribution in [-0.2, 0) is 17.0 Å². The van der Waals surface area contributed by atoms with Gasteiger partial charge in [-0.3, -0.25) is 4.79 Å². The Balaban J connectivity index is 1.37. The third-order valence-electron chi connectivity index (χ3n) is 4.59. The zero-order valence-corrected chi connectivity index (χ0v) is 16.6. The smallest absolute Gasteiger partial charge is 0.233 e. The number of rotatable bonds is 5. The minimum Gasteiger partial charge on any atom is -0.335 e. The molecule has 3 nitrogen and oxygen atoms in total. The molecule has 1 unspecified atom stereocenters. The van der Waals surface area contributed by atoms with Crippen LogP contribution in [0.3, 0.4) is 0 Å². The van der Waals surface area contributed by atoms with Crippen molar-refractivity contribution in [1.82, 2.24) is 9.88 Å². The highest BCUT2D eigenvalue weighted by molar-refractivity contribution is 7.99. The predicted molar refractivity (Wildman–Crippen MR) is 109 cm³/mol. The molecular formula is C19H20N2OS3. The first kappa shape index (κ1) is 17.1. The van der Waals surface area contributed by atoms with Crippen LogP contribution in [0, 0.1) is 0 Å². The fraction of sp³-hybridized carbons (Fsp3) is 0.368. The quantitative estimate of drug-likeness (QED) is 0.608. The summed E-state index contributed by atoms with van der Waals surface area (Å²) in [5.74, 6) is 1.60. The molecule has 0 saturated heterocycles. The summed E-state index contributed by atoms with van der Waals surface area (Å²) in [5.41, 5.74) is 2.42. The van der Waals surface area contributed by atoms with Crippen LogP contribution < -0.4 is 0 Å². The number of para-hydroxylation sites is 1. The molecule has 2 aromatic heterocycles. The molecule has 3 heterocycles. The maximum absolute atomic E-state index is 12.8. The largest absolute Gasteiger partial charge is 0.335 e. The molecule has 0 bridgehead atoms. The maximum Gasteiger partial charge on any atom is 0.233 e. The van der Waals surface area contributed by atoms with Crippen molar-refractivity contribution in [3.8, 4) is 0 Å². The van der Waals surface area contributed by atoms with Gasteiger partial charge in [-0.1, -0.05) is 19.1 Å². The van der Waals surface area contributed by atoms with Gasteiger partial charge in [-0.2, -0.15) is 0 Å². The lowest BCUT2D eigenvalue weighted by Gasteiger charge is -2.35. The number of thiazole rings is 1. The average molecular weight is 389 g/mol. The Labute approximate surface area is 160 Å². The number of thioether (sulfide) groups is 1. The highest BCUT2D eigenvalue weighted by Crippen LogP contribution is 2.35. The Morgan fingerprint density at radius 3 is 3.08 bits per heavy atom. The second-order valence-electron chi connectivity index (χ2n) is 6.13. The van der Waals surface area contributed by atoms with Gasteiger partial charge in [0.05, 0.1) is 22.0 Å². The number of nitrogens with zero attached hydrogens (tertiary/aromatic N) is 2. The molecule has 1 aromatic carbocycles. The molecule has 0 saturated carbocycles. The Hall–Kier alpha value is -1.37. The summed E-state index contributed by atoms with van der Waals surface area (Å²) >= 11 is 5.23. The zero-order valence-electron chi connectivity index (χ0n) is 14.1. The van der Waals surface area contributed by atoms with Crippen molar-refractivity contribution in [3.05, 3.63) is 51.2 Å². The van der Waals surface area contributed by atoms with Crippen molar-refractivity contribution >= 4 is 50.6 Å². The lowest BCUT2D eigenvalue weighted by molar-refractivity contribution is -0.131. The molecule has 0 fully saturated rings. The van der Waals surface area contributed by atoms with E-state index in [9.17, 15) is 4.79 Å². The number of carbonyl (C=O) groups excluding carboxylic acids is 1. The van der Waals surface area contributed by atoms with Gasteiger partial charge in [0.1, 0.15) is 5.01 Å². The third-order valence-corrected chi connectivity index (χ3v) is 7.74. The fourth-order valence-corrected chi connectivity index (χ4v) is 6.28. The Kier molecular flexibility index (Phi) is 5.10. The number of hydrogen-bond donors (Lipinski definition) is 0. The molecule has 0 radical (unpaired) electrons. The van der Waals surface area contributed by atoms with Crippen molar-refractivity contribution in [3.63, 3.8) is 0 Å². The van der Waals surface area contributed by atoms with E-state index in [1.165, 1.54) is 15.1 Å². The van der Waals surface area contributed by atoms with E-state index in [1.807, 2.05) is 29.5 Å². The van der Waals surface area contributed by atoms with E-state index >= 15 is 0 Å². The van der Waals surface area contributed by atoms with E-state index in [2.05, 4.69) is 34.3 Å². The summed E-state index contributed by atoms with van der Waals surface area (Å²) in [7, 11) is 0. The van der Waals surface area contributed by atoms with Gasteiger partial charge < -0.3 is 4.90 Å². The summed E-state index contributed by atoms with van der Waals surface area (Å²) in [4.78, 5) is 20.9. The number of carbonyl (C=O) groups is 1. The molecule has 0 spiro atoms. The number of amides is 1. The van der Waals surface area contributed by atoms with Gasteiger partial charge >= 0.3 is 0 Å². The normalized spacial score (nSPS) is 17.0. The summed E-state index contributed by atoms with van der Waals surface area (Å²) in [6, 6.07) is 10.7. The molecule has 1 aliphatic rings. The van der Waals surface area contributed by atoms with Crippen LogP contribution in [0.4, 0.5) is 0 Å². The lowest BCUT2D eigenvalue weighted by atomic mass is 9.98. The molecule has 1 atom stereocenters. The minimum atomic E-state index is 0.255. The van der Waals surface area contributed by atoms with Gasteiger partial charge in [-0.15, -0.1) is 34.4 Å². The van der Waals surface area contributed by atoms with E-state index in [1.54, 1.807) is 23.1 Å². The van der Waals surface area contributed by atoms with E-state index in [4.69, 9.17) is 0 Å². The summed E-state index contributed by atoms with van der Waals surface area (Å²) in [5, 5.41) is 3.26. The standard InChI is InChI=1S/C19H20N2OS3/c1-2-15-13-8-10-24-16(13)7-9-21(15)19(22)12-23-11-18-20-14-5-3-4-6-17(14)25-18/h3-6,8,10,15H,2,7,9,11-12H2,1H3. The molecule has 3 aromatic rings. The van der Waals surface area contributed by atoms with E-state index in [0.717, 1.165) is 35.7 Å². The molecule has 0 N–H and O–H groups in total. The van der Waals surface area contributed by atoms with Gasteiger partial charge in [0.15, 0.2) is 0 Å². The first-order chi connectivity index (χ1) is 12.3. The highest BCUT2D eigenvalue weighted by Gasteiger charge is 2.29. The van der Waals surface area contributed by atoms with Crippen molar-refractivity contribution < 1.29 is 4.79 Å². The number of thiophene rings is 1. The number of fused-ring (bicyclic) bond motifs is 2. The van der Waals surface area contributed by atoms with Gasteiger partial charge in [-0.05, 0) is 42.0 Å². The SMILES string of the molecule is CCC1c2ccsc2CCN1C(=O)CSCc1nc2ccccc2s1. The molecule has 0 aliphatic carbocycles. The van der Waals surface area contributed by atoms with Crippen LogP contribution in [0.25, 0.3) is 10.2 Å². The molecular weight excluding hydrogens is 368 g/mol. The Morgan fingerprint density at radius 1 is 1.36 bits per heavy atom. The number of hydrogen-bond acceptors (Lipinski definition) is 5. The van der Waals surface area contributed by atoms with Crippen LogP contribution in [0.5, 0.6) is 0 Å². The molecule has 4 rings (SSSR count). The van der Waals surface area contributed by atoms with Crippen LogP contribution in [0.1, 0.15) is 34.8 Å². The van der Waals surface area contributed by atoms with E-state index in [0.29, 0.717) is 5.75 Å².